The van der Waals surface area contributed by atoms with E-state index in [1.165, 1.54) is 55.2 Å². The van der Waals surface area contributed by atoms with Gasteiger partial charge in [0.15, 0.2) is 0 Å². The predicted octanol–water partition coefficient (Wildman–Crippen LogP) is 4.77. The minimum Gasteiger partial charge on any atom is -0.378 e. The van der Waals surface area contributed by atoms with E-state index in [9.17, 15) is 9.59 Å². The SMILES string of the molecule is Cc1ccc(-c2cnc(C3CCCN3C(=O)C(NC(=O)N3CCOCC3)C(C)C)[nH]2)c2c1CC1(CCCC1)C2. The molecule has 2 aliphatic carbocycles. The van der Waals surface area contributed by atoms with Gasteiger partial charge in [-0.2, -0.15) is 0 Å². The molecule has 1 saturated carbocycles. The van der Waals surface area contributed by atoms with Gasteiger partial charge in [0.25, 0.3) is 0 Å². The molecule has 1 spiro atoms. The van der Waals surface area contributed by atoms with Crippen molar-refractivity contribution >= 4 is 11.9 Å². The van der Waals surface area contributed by atoms with Crippen molar-refractivity contribution in [2.24, 2.45) is 11.3 Å². The first-order chi connectivity index (χ1) is 18.8. The molecule has 6 rings (SSSR count). The number of morpholine rings is 1. The van der Waals surface area contributed by atoms with Gasteiger partial charge >= 0.3 is 6.03 Å². The van der Waals surface area contributed by atoms with Crippen molar-refractivity contribution in [3.8, 4) is 11.3 Å². The van der Waals surface area contributed by atoms with Crippen LogP contribution in [0.1, 0.15) is 80.9 Å². The Bertz CT molecular complexity index is 1220. The van der Waals surface area contributed by atoms with Gasteiger partial charge in [-0.1, -0.05) is 38.8 Å². The van der Waals surface area contributed by atoms with E-state index in [2.05, 4.69) is 29.4 Å². The molecule has 0 bridgehead atoms. The predicted molar refractivity (Wildman–Crippen MR) is 150 cm³/mol. The number of amides is 3. The van der Waals surface area contributed by atoms with Crippen LogP contribution in [0.4, 0.5) is 4.79 Å². The maximum atomic E-state index is 13.8. The number of likely N-dealkylation sites (tertiary alicyclic amines) is 1. The highest BCUT2D eigenvalue weighted by Crippen LogP contribution is 2.51. The number of hydrogen-bond acceptors (Lipinski definition) is 4. The number of fused-ring (bicyclic) bond motifs is 1. The van der Waals surface area contributed by atoms with Gasteiger partial charge in [-0.25, -0.2) is 9.78 Å². The van der Waals surface area contributed by atoms with Crippen LogP contribution in [-0.4, -0.2) is 70.6 Å². The van der Waals surface area contributed by atoms with E-state index in [-0.39, 0.29) is 23.9 Å². The van der Waals surface area contributed by atoms with Crippen LogP contribution in [0, 0.1) is 18.3 Å². The van der Waals surface area contributed by atoms with Gasteiger partial charge in [-0.05, 0) is 73.5 Å². The fourth-order valence-electron chi connectivity index (χ4n) is 7.44. The van der Waals surface area contributed by atoms with Crippen molar-refractivity contribution < 1.29 is 14.3 Å². The number of ether oxygens (including phenoxy) is 1. The maximum absolute atomic E-state index is 13.8. The summed E-state index contributed by atoms with van der Waals surface area (Å²) in [6, 6.07) is 3.66. The smallest absolute Gasteiger partial charge is 0.318 e. The number of benzene rings is 1. The molecule has 2 aliphatic heterocycles. The Morgan fingerprint density at radius 3 is 2.56 bits per heavy atom. The molecule has 8 nitrogen and oxygen atoms in total. The number of rotatable bonds is 5. The Balaban J connectivity index is 1.21. The molecular formula is C31H43N5O3. The molecule has 3 amide bonds. The number of aryl methyl sites for hydroxylation is 1. The summed E-state index contributed by atoms with van der Waals surface area (Å²) in [5, 5.41) is 3.03. The summed E-state index contributed by atoms with van der Waals surface area (Å²) in [7, 11) is 0. The third-order valence-electron chi connectivity index (χ3n) is 9.68. The first kappa shape index (κ1) is 26.4. The number of nitrogens with one attached hydrogen (secondary N) is 2. The first-order valence-corrected chi connectivity index (χ1v) is 15.0. The number of nitrogens with zero attached hydrogens (tertiary/aromatic N) is 3. The van der Waals surface area contributed by atoms with E-state index in [1.807, 2.05) is 24.9 Å². The molecule has 1 aromatic heterocycles. The van der Waals surface area contributed by atoms with E-state index in [0.717, 1.165) is 24.4 Å². The summed E-state index contributed by atoms with van der Waals surface area (Å²) in [5.41, 5.74) is 7.22. The summed E-state index contributed by atoms with van der Waals surface area (Å²) >= 11 is 0. The number of aromatic amines is 1. The summed E-state index contributed by atoms with van der Waals surface area (Å²) in [6.07, 6.45) is 11.5. The highest BCUT2D eigenvalue weighted by atomic mass is 16.5. The molecule has 8 heteroatoms. The van der Waals surface area contributed by atoms with Crippen LogP contribution >= 0.6 is 0 Å². The summed E-state index contributed by atoms with van der Waals surface area (Å²) in [4.78, 5) is 38.9. The van der Waals surface area contributed by atoms with Crippen LogP contribution < -0.4 is 5.32 Å². The number of urea groups is 1. The van der Waals surface area contributed by atoms with Crippen LogP contribution in [-0.2, 0) is 22.4 Å². The third kappa shape index (κ3) is 4.96. The fourth-order valence-corrected chi connectivity index (χ4v) is 7.44. The Kier molecular flexibility index (Phi) is 7.16. The van der Waals surface area contributed by atoms with Crippen LogP contribution in [0.3, 0.4) is 0 Å². The number of hydrogen-bond donors (Lipinski definition) is 2. The second-order valence-corrected chi connectivity index (χ2v) is 12.6. The normalized spacial score (nSPS) is 23.0. The number of imidazole rings is 1. The van der Waals surface area contributed by atoms with Crippen molar-refractivity contribution in [2.45, 2.75) is 84.2 Å². The zero-order valence-corrected chi connectivity index (χ0v) is 23.7. The molecular weight excluding hydrogens is 490 g/mol. The maximum Gasteiger partial charge on any atom is 0.318 e. The Labute approximate surface area is 231 Å². The molecule has 1 aromatic carbocycles. The summed E-state index contributed by atoms with van der Waals surface area (Å²) in [6.45, 7) is 9.09. The molecule has 2 aromatic rings. The lowest BCUT2D eigenvalue weighted by molar-refractivity contribution is -0.135. The van der Waals surface area contributed by atoms with Gasteiger partial charge in [-0.3, -0.25) is 4.79 Å². The number of H-pyrrole nitrogens is 1. The van der Waals surface area contributed by atoms with Crippen molar-refractivity contribution in [1.82, 2.24) is 25.1 Å². The van der Waals surface area contributed by atoms with E-state index < -0.39 is 6.04 Å². The lowest BCUT2D eigenvalue weighted by atomic mass is 9.83. The van der Waals surface area contributed by atoms with Gasteiger partial charge in [0.1, 0.15) is 11.9 Å². The molecule has 2 atom stereocenters. The quantitative estimate of drug-likeness (QED) is 0.579. The molecule has 2 saturated heterocycles. The van der Waals surface area contributed by atoms with Crippen molar-refractivity contribution in [1.29, 1.82) is 0 Å². The van der Waals surface area contributed by atoms with Gasteiger partial charge in [0, 0.05) is 25.2 Å². The van der Waals surface area contributed by atoms with Gasteiger partial charge < -0.3 is 24.8 Å². The minimum absolute atomic E-state index is 0.0195. The van der Waals surface area contributed by atoms with Crippen LogP contribution in [0.5, 0.6) is 0 Å². The monoisotopic (exact) mass is 533 g/mol. The standard InChI is InChI=1S/C31H43N5O3/c1-20(2)27(34-30(38)35-13-15-39-16-14-35)29(37)36-12-6-7-26(36)28-32-19-25(33-28)22-9-8-21(3)23-17-31(18-24(22)23)10-4-5-11-31/h8-9,19-20,26-27H,4-7,10-18H2,1-3H3,(H,32,33)(H,34,38). The van der Waals surface area contributed by atoms with Crippen LogP contribution in [0.25, 0.3) is 11.3 Å². The average molecular weight is 534 g/mol. The van der Waals surface area contributed by atoms with E-state index in [4.69, 9.17) is 9.72 Å². The lowest BCUT2D eigenvalue weighted by Gasteiger charge is -2.33. The van der Waals surface area contributed by atoms with E-state index in [1.54, 1.807) is 10.5 Å². The van der Waals surface area contributed by atoms with Gasteiger partial charge in [0.05, 0.1) is 31.1 Å². The second-order valence-electron chi connectivity index (χ2n) is 12.6. The second kappa shape index (κ2) is 10.6. The lowest BCUT2D eigenvalue weighted by Crippen LogP contribution is -2.55. The molecule has 3 fully saturated rings. The topological polar surface area (TPSA) is 90.6 Å². The van der Waals surface area contributed by atoms with Gasteiger partial charge in [-0.15, -0.1) is 0 Å². The molecule has 2 unspecified atom stereocenters. The average Bonchev–Trinajstić information content (AvgIpc) is 3.74. The number of carbonyl (C=O) groups is 2. The van der Waals surface area contributed by atoms with E-state index in [0.29, 0.717) is 38.3 Å². The number of aromatic nitrogens is 2. The molecule has 2 N–H and O–H groups in total. The zero-order chi connectivity index (χ0) is 27.1. The highest BCUT2D eigenvalue weighted by molar-refractivity contribution is 5.88. The third-order valence-corrected chi connectivity index (χ3v) is 9.68. The minimum atomic E-state index is -0.571. The molecule has 39 heavy (non-hydrogen) atoms. The highest BCUT2D eigenvalue weighted by Gasteiger charge is 2.42. The number of carbonyl (C=O) groups excluding carboxylic acids is 2. The van der Waals surface area contributed by atoms with Crippen molar-refractivity contribution in [3.63, 3.8) is 0 Å². The van der Waals surface area contributed by atoms with Crippen molar-refractivity contribution in [2.75, 3.05) is 32.8 Å². The summed E-state index contributed by atoms with van der Waals surface area (Å²) in [5.74, 6) is 0.807. The van der Waals surface area contributed by atoms with Gasteiger partial charge in [0.2, 0.25) is 5.91 Å². The largest absolute Gasteiger partial charge is 0.378 e. The molecule has 210 valence electrons. The molecule has 0 radical (unpaired) electrons. The fraction of sp³-hybridized carbons (Fsp3) is 0.645. The zero-order valence-electron chi connectivity index (χ0n) is 23.7. The summed E-state index contributed by atoms with van der Waals surface area (Å²) < 4.78 is 5.38. The van der Waals surface area contributed by atoms with E-state index >= 15 is 0 Å². The molecule has 4 aliphatic rings. The molecule has 3 heterocycles. The Hall–Kier alpha value is -2.87. The Morgan fingerprint density at radius 2 is 1.82 bits per heavy atom. The Morgan fingerprint density at radius 1 is 1.08 bits per heavy atom. The van der Waals surface area contributed by atoms with Crippen molar-refractivity contribution in [3.05, 3.63) is 40.8 Å². The van der Waals surface area contributed by atoms with Crippen LogP contribution in [0.15, 0.2) is 18.3 Å². The first-order valence-electron chi connectivity index (χ1n) is 15.0. The van der Waals surface area contributed by atoms with Crippen LogP contribution in [0.2, 0.25) is 0 Å².